The molecule has 2 heterocycles. The summed E-state index contributed by atoms with van der Waals surface area (Å²) >= 11 is 5.32. The van der Waals surface area contributed by atoms with Crippen LogP contribution in [-0.4, -0.2) is 16.5 Å². The van der Waals surface area contributed by atoms with Crippen LogP contribution in [-0.2, 0) is 5.41 Å². The topological polar surface area (TPSA) is 37.8 Å². The van der Waals surface area contributed by atoms with Gasteiger partial charge in [0.25, 0.3) is 0 Å². The van der Waals surface area contributed by atoms with Crippen molar-refractivity contribution in [1.29, 1.82) is 0 Å². The maximum absolute atomic E-state index is 4.76. The Hall–Kier alpha value is -0.940. The molecule has 2 aromatic rings. The first-order chi connectivity index (χ1) is 9.43. The van der Waals surface area contributed by atoms with E-state index in [4.69, 9.17) is 4.98 Å². The smallest absolute Gasteiger partial charge is 0.162 e. The molecule has 0 atom stereocenters. The van der Waals surface area contributed by atoms with E-state index in [2.05, 4.69) is 70.8 Å². The fourth-order valence-electron chi connectivity index (χ4n) is 1.83. The summed E-state index contributed by atoms with van der Waals surface area (Å²) in [5, 5.41) is 7.52. The van der Waals surface area contributed by atoms with Crippen molar-refractivity contribution in [2.45, 2.75) is 39.5 Å². The van der Waals surface area contributed by atoms with Crippen LogP contribution in [0.1, 0.15) is 39.8 Å². The molecule has 0 saturated carbocycles. The van der Waals surface area contributed by atoms with Crippen molar-refractivity contribution < 1.29 is 0 Å². The van der Waals surface area contributed by atoms with Gasteiger partial charge in [-0.25, -0.2) is 9.97 Å². The van der Waals surface area contributed by atoms with E-state index in [1.54, 1.807) is 11.3 Å². The monoisotopic (exact) mass is 353 g/mol. The van der Waals surface area contributed by atoms with Crippen LogP contribution in [0, 0.1) is 0 Å². The molecule has 0 bridgehead atoms. The lowest BCUT2D eigenvalue weighted by Crippen LogP contribution is -2.17. The highest BCUT2D eigenvalue weighted by atomic mass is 79.9. The first-order valence-electron chi connectivity index (χ1n) is 6.78. The van der Waals surface area contributed by atoms with Crippen LogP contribution in [0.2, 0.25) is 0 Å². The Bertz CT molecular complexity index is 574. The maximum Gasteiger partial charge on any atom is 0.162 e. The van der Waals surface area contributed by atoms with Crippen LogP contribution >= 0.6 is 27.3 Å². The number of aromatic nitrogens is 2. The lowest BCUT2D eigenvalue weighted by atomic mass is 9.91. The van der Waals surface area contributed by atoms with Gasteiger partial charge in [-0.3, -0.25) is 0 Å². The largest absolute Gasteiger partial charge is 0.369 e. The first kappa shape index (κ1) is 15.4. The normalized spacial score (nSPS) is 11.7. The summed E-state index contributed by atoms with van der Waals surface area (Å²) in [5.74, 6) is 1.67. The van der Waals surface area contributed by atoms with Gasteiger partial charge >= 0.3 is 0 Å². The lowest BCUT2D eigenvalue weighted by Gasteiger charge is -2.22. The average molecular weight is 354 g/mol. The van der Waals surface area contributed by atoms with Crippen molar-refractivity contribution in [1.82, 2.24) is 9.97 Å². The van der Waals surface area contributed by atoms with E-state index in [-0.39, 0.29) is 5.41 Å². The van der Waals surface area contributed by atoms with Gasteiger partial charge in [0.05, 0.1) is 10.2 Å². The van der Waals surface area contributed by atoms with Crippen LogP contribution < -0.4 is 5.32 Å². The number of hydrogen-bond acceptors (Lipinski definition) is 4. The highest BCUT2D eigenvalue weighted by molar-refractivity contribution is 9.10. The van der Waals surface area contributed by atoms with Crippen LogP contribution in [0.4, 0.5) is 5.82 Å². The number of hydrogen-bond donors (Lipinski definition) is 1. The van der Waals surface area contributed by atoms with Gasteiger partial charge in [-0.05, 0) is 33.8 Å². The van der Waals surface area contributed by atoms with Crippen molar-refractivity contribution >= 4 is 33.1 Å². The molecule has 0 aromatic carbocycles. The fourth-order valence-corrected chi connectivity index (χ4v) is 3.37. The molecule has 2 rings (SSSR count). The zero-order valence-electron chi connectivity index (χ0n) is 12.3. The predicted octanol–water partition coefficient (Wildman–Crippen LogP) is 5.09. The second kappa shape index (κ2) is 6.22. The zero-order chi connectivity index (χ0) is 14.8. The molecule has 108 valence electrons. The molecule has 0 aliphatic heterocycles. The van der Waals surface area contributed by atoms with Crippen molar-refractivity contribution in [2.24, 2.45) is 0 Å². The van der Waals surface area contributed by atoms with Gasteiger partial charge in [-0.15, -0.1) is 0 Å². The summed E-state index contributed by atoms with van der Waals surface area (Å²) < 4.78 is 0.970. The Morgan fingerprint density at radius 1 is 1.30 bits per heavy atom. The van der Waals surface area contributed by atoms with Gasteiger partial charge in [0.15, 0.2) is 5.82 Å². The minimum Gasteiger partial charge on any atom is -0.369 e. The molecule has 2 aromatic heterocycles. The van der Waals surface area contributed by atoms with E-state index in [1.165, 1.54) is 0 Å². The Morgan fingerprint density at radius 3 is 2.60 bits per heavy atom. The van der Waals surface area contributed by atoms with Crippen molar-refractivity contribution in [3.05, 3.63) is 27.0 Å². The van der Waals surface area contributed by atoms with E-state index >= 15 is 0 Å². The summed E-state index contributed by atoms with van der Waals surface area (Å²) in [6, 6.07) is 2.06. The van der Waals surface area contributed by atoms with E-state index < -0.39 is 0 Å². The van der Waals surface area contributed by atoms with Gasteiger partial charge in [0, 0.05) is 22.9 Å². The number of anilines is 1. The van der Waals surface area contributed by atoms with Crippen molar-refractivity contribution in [3.8, 4) is 11.4 Å². The van der Waals surface area contributed by atoms with Gasteiger partial charge < -0.3 is 5.32 Å². The van der Waals surface area contributed by atoms with Crippen molar-refractivity contribution in [2.75, 3.05) is 11.9 Å². The van der Waals surface area contributed by atoms with E-state index in [9.17, 15) is 0 Å². The molecule has 1 N–H and O–H groups in total. The third kappa shape index (κ3) is 3.38. The minimum atomic E-state index is -0.0326. The molecule has 0 aliphatic rings. The molecule has 0 spiro atoms. The molecule has 5 heteroatoms. The third-order valence-electron chi connectivity index (χ3n) is 2.88. The molecule has 0 fully saturated rings. The molecule has 0 aliphatic carbocycles. The Morgan fingerprint density at radius 2 is 2.05 bits per heavy atom. The number of thiophene rings is 1. The number of nitrogens with one attached hydrogen (secondary N) is 1. The third-order valence-corrected chi connectivity index (χ3v) is 4.32. The van der Waals surface area contributed by atoms with Crippen LogP contribution in [0.3, 0.4) is 0 Å². The summed E-state index contributed by atoms with van der Waals surface area (Å²) in [6.07, 6.45) is 1.06. The second-order valence-electron chi connectivity index (χ2n) is 5.75. The number of rotatable bonds is 4. The average Bonchev–Trinajstić information content (AvgIpc) is 2.90. The summed E-state index contributed by atoms with van der Waals surface area (Å²) in [7, 11) is 0. The Kier molecular flexibility index (Phi) is 4.81. The molecular weight excluding hydrogens is 334 g/mol. The lowest BCUT2D eigenvalue weighted by molar-refractivity contribution is 0.564. The summed E-state index contributed by atoms with van der Waals surface area (Å²) in [6.45, 7) is 9.55. The van der Waals surface area contributed by atoms with E-state index in [0.717, 1.165) is 40.3 Å². The standard InChI is InChI=1S/C15H20BrN3S/c1-5-7-17-14-11(16)12(15(2,3)4)18-13(19-14)10-6-8-20-9-10/h6,8-9H,5,7H2,1-4H3,(H,17,18,19). The van der Waals surface area contributed by atoms with Gasteiger partial charge in [-0.2, -0.15) is 11.3 Å². The van der Waals surface area contributed by atoms with Crippen LogP contribution in [0.25, 0.3) is 11.4 Å². The van der Waals surface area contributed by atoms with Crippen molar-refractivity contribution in [3.63, 3.8) is 0 Å². The molecule has 0 unspecified atom stereocenters. The minimum absolute atomic E-state index is 0.0326. The van der Waals surface area contributed by atoms with Gasteiger partial charge in [-0.1, -0.05) is 27.7 Å². The Labute approximate surface area is 133 Å². The first-order valence-corrected chi connectivity index (χ1v) is 8.51. The Balaban J connectivity index is 2.54. The fraction of sp³-hybridized carbons (Fsp3) is 0.467. The molecular formula is C15H20BrN3S. The highest BCUT2D eigenvalue weighted by Gasteiger charge is 2.23. The quantitative estimate of drug-likeness (QED) is 0.831. The number of halogens is 1. The predicted molar refractivity (Wildman–Crippen MR) is 90.5 cm³/mol. The van der Waals surface area contributed by atoms with Gasteiger partial charge in [0.2, 0.25) is 0 Å². The van der Waals surface area contributed by atoms with Crippen LogP contribution in [0.5, 0.6) is 0 Å². The molecule has 0 radical (unpaired) electrons. The molecule has 0 saturated heterocycles. The molecule has 3 nitrogen and oxygen atoms in total. The van der Waals surface area contributed by atoms with E-state index in [1.807, 2.05) is 0 Å². The molecule has 0 amide bonds. The summed E-state index contributed by atoms with van der Waals surface area (Å²) in [4.78, 5) is 9.43. The maximum atomic E-state index is 4.76. The highest BCUT2D eigenvalue weighted by Crippen LogP contribution is 2.34. The molecule has 20 heavy (non-hydrogen) atoms. The zero-order valence-corrected chi connectivity index (χ0v) is 14.7. The van der Waals surface area contributed by atoms with E-state index in [0.29, 0.717) is 0 Å². The number of nitrogens with zero attached hydrogens (tertiary/aromatic N) is 2. The summed E-state index contributed by atoms with van der Waals surface area (Å²) in [5.41, 5.74) is 2.08. The SMILES string of the molecule is CCCNc1nc(-c2ccsc2)nc(C(C)(C)C)c1Br. The van der Waals surface area contributed by atoms with Crippen LogP contribution in [0.15, 0.2) is 21.3 Å². The van der Waals surface area contributed by atoms with Gasteiger partial charge in [0.1, 0.15) is 5.82 Å². The second-order valence-corrected chi connectivity index (χ2v) is 7.32.